The predicted octanol–water partition coefficient (Wildman–Crippen LogP) is 3.57. The number of benzene rings is 1. The molecule has 0 saturated carbocycles. The zero-order chi connectivity index (χ0) is 18.8. The van der Waals surface area contributed by atoms with Gasteiger partial charge < -0.3 is 19.8 Å². The number of nitrogens with zero attached hydrogens (tertiary/aromatic N) is 3. The van der Waals surface area contributed by atoms with Crippen LogP contribution in [0.15, 0.2) is 54.9 Å². The van der Waals surface area contributed by atoms with Gasteiger partial charge >= 0.3 is 0 Å². The van der Waals surface area contributed by atoms with Crippen molar-refractivity contribution < 1.29 is 9.53 Å². The molecule has 1 fully saturated rings. The van der Waals surface area contributed by atoms with Crippen LogP contribution >= 0.6 is 24.8 Å². The Labute approximate surface area is 182 Å². The maximum absolute atomic E-state index is 12.9. The first-order chi connectivity index (χ1) is 13.1. The first-order valence-corrected chi connectivity index (χ1v) is 9.30. The van der Waals surface area contributed by atoms with Crippen LogP contribution in [-0.4, -0.2) is 39.3 Å². The van der Waals surface area contributed by atoms with E-state index < -0.39 is 0 Å². The third kappa shape index (κ3) is 5.01. The molecule has 2 atom stereocenters. The zero-order valence-electron chi connectivity index (χ0n) is 16.2. The average molecular weight is 437 g/mol. The number of pyridine rings is 1. The topological polar surface area (TPSA) is 72.9 Å². The molecule has 3 aromatic rings. The lowest BCUT2D eigenvalue weighted by Crippen LogP contribution is -2.34. The van der Waals surface area contributed by atoms with Gasteiger partial charge in [0.25, 0.3) is 5.91 Å². The van der Waals surface area contributed by atoms with Crippen molar-refractivity contribution >= 4 is 36.4 Å². The van der Waals surface area contributed by atoms with Crippen LogP contribution in [0, 0.1) is 5.92 Å². The Morgan fingerprint density at radius 3 is 2.79 bits per heavy atom. The number of aromatic nitrogens is 2. The van der Waals surface area contributed by atoms with Gasteiger partial charge in [-0.2, -0.15) is 0 Å². The van der Waals surface area contributed by atoms with Gasteiger partial charge in [-0.25, -0.2) is 4.98 Å². The number of fused-ring (bicyclic) bond motifs is 1. The normalized spacial score (nSPS) is 18.2. The number of halogens is 2. The van der Waals surface area contributed by atoms with E-state index in [0.717, 1.165) is 24.3 Å². The van der Waals surface area contributed by atoms with E-state index in [-0.39, 0.29) is 36.8 Å². The summed E-state index contributed by atoms with van der Waals surface area (Å²) < 4.78 is 7.84. The van der Waals surface area contributed by atoms with Crippen LogP contribution in [0.1, 0.15) is 29.4 Å². The van der Waals surface area contributed by atoms with Crippen LogP contribution < -0.4 is 10.5 Å². The molecule has 3 heterocycles. The molecule has 8 heteroatoms. The molecule has 0 spiro atoms. The van der Waals surface area contributed by atoms with Crippen LogP contribution in [-0.2, 0) is 6.61 Å². The molecule has 2 aromatic heterocycles. The minimum absolute atomic E-state index is 0. The lowest BCUT2D eigenvalue weighted by atomic mass is 10.1. The Hall–Kier alpha value is -2.28. The summed E-state index contributed by atoms with van der Waals surface area (Å²) >= 11 is 0. The molecule has 0 aliphatic carbocycles. The summed E-state index contributed by atoms with van der Waals surface area (Å²) in [5.41, 5.74) is 8.15. The number of rotatable bonds is 5. The number of hydrogen-bond acceptors (Lipinski definition) is 4. The summed E-state index contributed by atoms with van der Waals surface area (Å²) in [5.74, 6) is 1.09. The van der Waals surface area contributed by atoms with Crippen molar-refractivity contribution in [1.82, 2.24) is 14.3 Å². The van der Waals surface area contributed by atoms with Crippen LogP contribution in [0.25, 0.3) is 5.65 Å². The van der Waals surface area contributed by atoms with Crippen molar-refractivity contribution in [1.29, 1.82) is 0 Å². The number of carbonyl (C=O) groups is 1. The molecule has 6 nitrogen and oxygen atoms in total. The summed E-state index contributed by atoms with van der Waals surface area (Å²) in [5, 5.41) is 0. The number of imidazole rings is 1. The monoisotopic (exact) mass is 436 g/mol. The fourth-order valence-electron chi connectivity index (χ4n) is 3.69. The highest BCUT2D eigenvalue weighted by molar-refractivity contribution is 5.95. The van der Waals surface area contributed by atoms with Crippen LogP contribution in [0.4, 0.5) is 0 Å². The molecule has 4 rings (SSSR count). The van der Waals surface area contributed by atoms with E-state index in [1.807, 2.05) is 58.1 Å². The van der Waals surface area contributed by atoms with E-state index in [1.54, 1.807) is 6.07 Å². The summed E-state index contributed by atoms with van der Waals surface area (Å²) in [6.07, 6.45) is 4.87. The molecule has 0 bridgehead atoms. The van der Waals surface area contributed by atoms with E-state index >= 15 is 0 Å². The minimum atomic E-state index is 0. The standard InChI is InChI=1S/C21H24N4O2.2ClH/c1-15-9-16(11-22)12-25(15)21(26)17-5-4-6-19(10-17)27-14-18-13-24-8-3-2-7-20(24)23-18;;/h2-8,10,13,15-16H,9,11-12,14,22H2,1H3;2*1H. The largest absolute Gasteiger partial charge is 0.487 e. The fraction of sp³-hybridized carbons (Fsp3) is 0.333. The van der Waals surface area contributed by atoms with Gasteiger partial charge in [-0.05, 0) is 56.1 Å². The van der Waals surface area contributed by atoms with E-state index in [2.05, 4.69) is 11.9 Å². The Balaban J connectivity index is 0.00000150. The number of ether oxygens (including phenoxy) is 1. The third-order valence-corrected chi connectivity index (χ3v) is 5.14. The third-order valence-electron chi connectivity index (χ3n) is 5.14. The molecule has 1 saturated heterocycles. The highest BCUT2D eigenvalue weighted by atomic mass is 35.5. The van der Waals surface area contributed by atoms with Crippen molar-refractivity contribution in [2.75, 3.05) is 13.1 Å². The number of nitrogens with two attached hydrogens (primary N) is 1. The number of likely N-dealkylation sites (tertiary alicyclic amines) is 1. The number of amides is 1. The van der Waals surface area contributed by atoms with Crippen molar-refractivity contribution in [2.24, 2.45) is 11.7 Å². The molecule has 0 radical (unpaired) electrons. The van der Waals surface area contributed by atoms with Crippen molar-refractivity contribution in [3.63, 3.8) is 0 Å². The molecular weight excluding hydrogens is 411 g/mol. The van der Waals surface area contributed by atoms with Crippen LogP contribution in [0.2, 0.25) is 0 Å². The van der Waals surface area contributed by atoms with E-state index in [4.69, 9.17) is 10.5 Å². The number of hydrogen-bond donors (Lipinski definition) is 1. The van der Waals surface area contributed by atoms with Crippen molar-refractivity contribution in [3.05, 3.63) is 66.1 Å². The summed E-state index contributed by atoms with van der Waals surface area (Å²) in [6.45, 7) is 3.78. The molecular formula is C21H26Cl2N4O2. The summed E-state index contributed by atoms with van der Waals surface area (Å²) in [7, 11) is 0. The van der Waals surface area contributed by atoms with E-state index in [9.17, 15) is 4.79 Å². The highest BCUT2D eigenvalue weighted by Gasteiger charge is 2.32. The SMILES string of the molecule is CC1CC(CN)CN1C(=O)c1cccc(OCc2cn3ccccc3n2)c1.Cl.Cl. The molecule has 1 amide bonds. The lowest BCUT2D eigenvalue weighted by Gasteiger charge is -2.21. The summed E-state index contributed by atoms with van der Waals surface area (Å²) in [6, 6.07) is 13.4. The van der Waals surface area contributed by atoms with Crippen LogP contribution in [0.3, 0.4) is 0 Å². The fourth-order valence-corrected chi connectivity index (χ4v) is 3.69. The van der Waals surface area contributed by atoms with Crippen molar-refractivity contribution in [3.8, 4) is 5.75 Å². The van der Waals surface area contributed by atoms with Gasteiger partial charge in [0.1, 0.15) is 18.0 Å². The smallest absolute Gasteiger partial charge is 0.254 e. The predicted molar refractivity (Wildman–Crippen MR) is 118 cm³/mol. The second kappa shape index (κ2) is 9.96. The molecule has 1 aliphatic rings. The average Bonchev–Trinajstić information content (AvgIpc) is 3.28. The van der Waals surface area contributed by atoms with Gasteiger partial charge in [-0.3, -0.25) is 4.79 Å². The molecule has 1 aromatic carbocycles. The minimum Gasteiger partial charge on any atom is -0.487 e. The molecule has 29 heavy (non-hydrogen) atoms. The van der Waals surface area contributed by atoms with E-state index in [0.29, 0.717) is 30.4 Å². The quantitative estimate of drug-likeness (QED) is 0.663. The Kier molecular flexibility index (Phi) is 7.90. The van der Waals surface area contributed by atoms with E-state index in [1.165, 1.54) is 0 Å². The first kappa shape index (κ1) is 23.0. The summed E-state index contributed by atoms with van der Waals surface area (Å²) in [4.78, 5) is 19.3. The Bertz CT molecular complexity index is 930. The first-order valence-electron chi connectivity index (χ1n) is 9.30. The van der Waals surface area contributed by atoms with Gasteiger partial charge in [0, 0.05) is 30.5 Å². The second-order valence-corrected chi connectivity index (χ2v) is 7.16. The highest BCUT2D eigenvalue weighted by Crippen LogP contribution is 2.25. The Morgan fingerprint density at radius 2 is 2.07 bits per heavy atom. The molecule has 156 valence electrons. The second-order valence-electron chi connectivity index (χ2n) is 7.16. The molecule has 2 N–H and O–H groups in total. The molecule has 1 aliphatic heterocycles. The Morgan fingerprint density at radius 1 is 1.24 bits per heavy atom. The van der Waals surface area contributed by atoms with Gasteiger partial charge in [0.05, 0.1) is 5.69 Å². The van der Waals surface area contributed by atoms with Gasteiger partial charge in [-0.1, -0.05) is 12.1 Å². The van der Waals surface area contributed by atoms with Gasteiger partial charge in [0.15, 0.2) is 0 Å². The lowest BCUT2D eigenvalue weighted by molar-refractivity contribution is 0.0743. The van der Waals surface area contributed by atoms with Crippen LogP contribution in [0.5, 0.6) is 5.75 Å². The molecule has 2 unspecified atom stereocenters. The zero-order valence-corrected chi connectivity index (χ0v) is 17.9. The van der Waals surface area contributed by atoms with Crippen molar-refractivity contribution in [2.45, 2.75) is 26.0 Å². The maximum atomic E-state index is 12.9. The van der Waals surface area contributed by atoms with Gasteiger partial charge in [0.2, 0.25) is 0 Å². The van der Waals surface area contributed by atoms with Gasteiger partial charge in [-0.15, -0.1) is 24.8 Å². The number of carbonyl (C=O) groups excluding carboxylic acids is 1. The maximum Gasteiger partial charge on any atom is 0.254 e.